The molecule has 0 aliphatic carbocycles. The number of nitrogens with one attached hydrogen (secondary N) is 1. The van der Waals surface area contributed by atoms with E-state index >= 15 is 0 Å². The Bertz CT molecular complexity index is 633. The Labute approximate surface area is 142 Å². The standard InChI is InChI=1S/C12H19N5O8/c1-4-24-10(19)12(20,25-5-2)16-8(9(18)13-6-7-23-3)14-11(15-16)17(21)22/h20H,4-7H2,1-3H3,(H,13,18). The molecule has 0 radical (unpaired) electrons. The molecule has 1 heterocycles. The van der Waals surface area contributed by atoms with Gasteiger partial charge in [0.1, 0.15) is 0 Å². The second-order valence-corrected chi connectivity index (χ2v) is 4.41. The number of hydrogen-bond acceptors (Lipinski definition) is 10. The van der Waals surface area contributed by atoms with Gasteiger partial charge in [0.25, 0.3) is 0 Å². The molecule has 0 aromatic carbocycles. The lowest BCUT2D eigenvalue weighted by atomic mass is 10.4. The number of carbonyl (C=O) groups excluding carboxylic acids is 2. The highest BCUT2D eigenvalue weighted by molar-refractivity contribution is 5.91. The highest BCUT2D eigenvalue weighted by Gasteiger charge is 2.49. The third kappa shape index (κ3) is 4.68. The summed E-state index contributed by atoms with van der Waals surface area (Å²) in [7, 11) is 1.41. The molecule has 13 heteroatoms. The molecule has 0 spiro atoms. The van der Waals surface area contributed by atoms with Crippen LogP contribution in [0.15, 0.2) is 0 Å². The first-order valence-electron chi connectivity index (χ1n) is 7.24. The lowest BCUT2D eigenvalue weighted by Crippen LogP contribution is -2.48. The maximum Gasteiger partial charge on any atom is 0.492 e. The normalized spacial score (nSPS) is 13.1. The van der Waals surface area contributed by atoms with Crippen molar-refractivity contribution in [1.82, 2.24) is 20.1 Å². The minimum absolute atomic E-state index is 0.0580. The summed E-state index contributed by atoms with van der Waals surface area (Å²) in [5, 5.41) is 27.2. The number of nitrogens with zero attached hydrogens (tertiary/aromatic N) is 4. The van der Waals surface area contributed by atoms with Gasteiger partial charge in [-0.25, -0.2) is 4.79 Å². The van der Waals surface area contributed by atoms with E-state index in [9.17, 15) is 24.8 Å². The van der Waals surface area contributed by atoms with Gasteiger partial charge in [-0.05, 0) is 23.8 Å². The van der Waals surface area contributed by atoms with E-state index < -0.39 is 34.5 Å². The molecule has 1 aromatic rings. The number of aromatic nitrogens is 3. The van der Waals surface area contributed by atoms with Crippen LogP contribution >= 0.6 is 0 Å². The second kappa shape index (κ2) is 9.00. The van der Waals surface area contributed by atoms with Crippen LogP contribution in [0.5, 0.6) is 0 Å². The molecule has 0 aliphatic heterocycles. The second-order valence-electron chi connectivity index (χ2n) is 4.41. The summed E-state index contributed by atoms with van der Waals surface area (Å²) >= 11 is 0. The number of hydrogen-bond donors (Lipinski definition) is 2. The lowest BCUT2D eigenvalue weighted by molar-refractivity contribution is -0.395. The zero-order chi connectivity index (χ0) is 19.0. The maximum absolute atomic E-state index is 12.2. The maximum atomic E-state index is 12.2. The zero-order valence-corrected chi connectivity index (χ0v) is 13.9. The lowest BCUT2D eigenvalue weighted by Gasteiger charge is -2.23. The molecule has 0 saturated heterocycles. The molecule has 1 amide bonds. The van der Waals surface area contributed by atoms with E-state index in [2.05, 4.69) is 15.4 Å². The number of ether oxygens (including phenoxy) is 3. The molecule has 2 N–H and O–H groups in total. The van der Waals surface area contributed by atoms with Crippen molar-refractivity contribution in [3.63, 3.8) is 0 Å². The van der Waals surface area contributed by atoms with Crippen LogP contribution in [-0.2, 0) is 24.9 Å². The highest BCUT2D eigenvalue weighted by atomic mass is 16.7. The van der Waals surface area contributed by atoms with Gasteiger partial charge in [0.2, 0.25) is 0 Å². The third-order valence-electron chi connectivity index (χ3n) is 2.73. The molecule has 1 unspecified atom stereocenters. The number of carbonyl (C=O) groups is 2. The molecule has 0 bridgehead atoms. The summed E-state index contributed by atoms with van der Waals surface area (Å²) in [5.74, 6) is -6.83. The van der Waals surface area contributed by atoms with Crippen LogP contribution in [0.4, 0.5) is 5.95 Å². The van der Waals surface area contributed by atoms with Crippen molar-refractivity contribution in [3.8, 4) is 0 Å². The molecule has 0 saturated carbocycles. The smallest absolute Gasteiger partial charge is 0.460 e. The van der Waals surface area contributed by atoms with Crippen molar-refractivity contribution in [3.05, 3.63) is 15.9 Å². The van der Waals surface area contributed by atoms with E-state index in [4.69, 9.17) is 14.2 Å². The summed E-state index contributed by atoms with van der Waals surface area (Å²) in [5.41, 5.74) is 0. The van der Waals surface area contributed by atoms with E-state index in [1.165, 1.54) is 21.0 Å². The quantitative estimate of drug-likeness (QED) is 0.169. The molecule has 25 heavy (non-hydrogen) atoms. The van der Waals surface area contributed by atoms with Gasteiger partial charge in [-0.1, -0.05) is 4.68 Å². The largest absolute Gasteiger partial charge is 0.492 e. The summed E-state index contributed by atoms with van der Waals surface area (Å²) in [4.78, 5) is 37.6. The fourth-order valence-electron chi connectivity index (χ4n) is 1.72. The van der Waals surface area contributed by atoms with Crippen molar-refractivity contribution in [2.75, 3.05) is 33.5 Å². The molecule has 13 nitrogen and oxygen atoms in total. The third-order valence-corrected chi connectivity index (χ3v) is 2.73. The van der Waals surface area contributed by atoms with Gasteiger partial charge in [-0.2, -0.15) is 0 Å². The van der Waals surface area contributed by atoms with Crippen molar-refractivity contribution >= 4 is 17.8 Å². The van der Waals surface area contributed by atoms with Crippen molar-refractivity contribution in [2.45, 2.75) is 19.8 Å². The average Bonchev–Trinajstić information content (AvgIpc) is 3.01. The Hall–Kier alpha value is -2.64. The van der Waals surface area contributed by atoms with Gasteiger partial charge >= 0.3 is 29.6 Å². The van der Waals surface area contributed by atoms with Crippen LogP contribution < -0.4 is 5.32 Å². The Kier molecular flexibility index (Phi) is 7.35. The van der Waals surface area contributed by atoms with E-state index in [-0.39, 0.29) is 26.4 Å². The van der Waals surface area contributed by atoms with E-state index in [1.54, 1.807) is 0 Å². The average molecular weight is 361 g/mol. The van der Waals surface area contributed by atoms with Crippen LogP contribution in [0.25, 0.3) is 0 Å². The number of amides is 1. The van der Waals surface area contributed by atoms with Crippen LogP contribution in [-0.4, -0.2) is 70.1 Å². The molecule has 1 aromatic heterocycles. The van der Waals surface area contributed by atoms with E-state index in [1.807, 2.05) is 0 Å². The number of aliphatic hydroxyl groups is 1. The minimum atomic E-state index is -2.89. The van der Waals surface area contributed by atoms with Crippen molar-refractivity contribution < 1.29 is 33.8 Å². The Morgan fingerprint density at radius 2 is 2.08 bits per heavy atom. The van der Waals surface area contributed by atoms with E-state index in [0.717, 1.165) is 0 Å². The van der Waals surface area contributed by atoms with E-state index in [0.29, 0.717) is 4.68 Å². The highest BCUT2D eigenvalue weighted by Crippen LogP contribution is 2.21. The SMILES string of the molecule is CCOC(=O)C(O)(OCC)n1nc([N+](=O)[O-])nc1C(=O)NCCOC. The molecular formula is C12H19N5O8. The first-order chi connectivity index (χ1) is 11.8. The van der Waals surface area contributed by atoms with Gasteiger partial charge in [0.05, 0.1) is 13.2 Å². The van der Waals surface area contributed by atoms with Crippen LogP contribution in [0.3, 0.4) is 0 Å². The van der Waals surface area contributed by atoms with Crippen LogP contribution in [0.2, 0.25) is 0 Å². The minimum Gasteiger partial charge on any atom is -0.460 e. The summed E-state index contributed by atoms with van der Waals surface area (Å²) in [6.45, 7) is 2.85. The predicted molar refractivity (Wildman–Crippen MR) is 79.3 cm³/mol. The molecule has 0 fully saturated rings. The Balaban J connectivity index is 3.35. The van der Waals surface area contributed by atoms with Gasteiger partial charge < -0.3 is 34.7 Å². The number of esters is 1. The summed E-state index contributed by atoms with van der Waals surface area (Å²) < 4.78 is 14.7. The van der Waals surface area contributed by atoms with Gasteiger partial charge in [0.15, 0.2) is 0 Å². The Morgan fingerprint density at radius 3 is 2.60 bits per heavy atom. The van der Waals surface area contributed by atoms with Crippen LogP contribution in [0, 0.1) is 10.1 Å². The summed E-state index contributed by atoms with van der Waals surface area (Å²) in [6, 6.07) is 0. The van der Waals surface area contributed by atoms with Gasteiger partial charge in [-0.3, -0.25) is 4.79 Å². The van der Waals surface area contributed by atoms with Gasteiger partial charge in [0, 0.05) is 25.4 Å². The molecule has 140 valence electrons. The van der Waals surface area contributed by atoms with Crippen molar-refractivity contribution in [1.29, 1.82) is 0 Å². The predicted octanol–water partition coefficient (Wildman–Crippen LogP) is -1.24. The first kappa shape index (κ1) is 20.4. The monoisotopic (exact) mass is 361 g/mol. The number of rotatable bonds is 10. The Morgan fingerprint density at radius 1 is 1.40 bits per heavy atom. The molecule has 1 rings (SSSR count). The molecule has 0 aliphatic rings. The van der Waals surface area contributed by atoms with Gasteiger partial charge in [-0.15, -0.1) is 0 Å². The fourth-order valence-corrected chi connectivity index (χ4v) is 1.72. The number of nitro groups is 1. The number of methoxy groups -OCH3 is 1. The topological polar surface area (TPSA) is 168 Å². The molecular weight excluding hydrogens is 342 g/mol. The zero-order valence-electron chi connectivity index (χ0n) is 13.9. The summed E-state index contributed by atoms with van der Waals surface area (Å²) in [6.07, 6.45) is 0. The fraction of sp³-hybridized carbons (Fsp3) is 0.667. The van der Waals surface area contributed by atoms with Crippen molar-refractivity contribution in [2.24, 2.45) is 0 Å². The molecule has 1 atom stereocenters. The first-order valence-corrected chi connectivity index (χ1v) is 7.24. The van der Waals surface area contributed by atoms with Crippen LogP contribution in [0.1, 0.15) is 24.5 Å².